The van der Waals surface area contributed by atoms with Gasteiger partial charge < -0.3 is 10.2 Å². The molecule has 0 heterocycles. The van der Waals surface area contributed by atoms with Crippen molar-refractivity contribution in [3.63, 3.8) is 0 Å². The van der Waals surface area contributed by atoms with Crippen molar-refractivity contribution in [2.75, 3.05) is 0 Å². The van der Waals surface area contributed by atoms with Gasteiger partial charge in [0.1, 0.15) is 11.5 Å². The van der Waals surface area contributed by atoms with Crippen molar-refractivity contribution in [2.24, 2.45) is 0 Å². The van der Waals surface area contributed by atoms with Crippen LogP contribution in [0.2, 0.25) is 0 Å². The first-order valence-electron chi connectivity index (χ1n) is 22.9. The summed E-state index contributed by atoms with van der Waals surface area (Å²) >= 11 is 4.18. The number of aromatic hydroxyl groups is 2. The fourth-order valence-corrected chi connectivity index (χ4v) is 13.7. The molecule has 3 aliphatic carbocycles. The lowest BCUT2D eigenvalue weighted by molar-refractivity contribution is 0.331. The second-order valence-electron chi connectivity index (χ2n) is 20.3. The Morgan fingerprint density at radius 3 is 1.17 bits per heavy atom. The summed E-state index contributed by atoms with van der Waals surface area (Å²) in [7, 11) is 0. The van der Waals surface area contributed by atoms with Gasteiger partial charge in [-0.2, -0.15) is 23.5 Å². The predicted octanol–water partition coefficient (Wildman–Crippen LogP) is 15.5. The van der Waals surface area contributed by atoms with Crippen molar-refractivity contribution in [1.29, 1.82) is 0 Å². The minimum atomic E-state index is -0.151. The highest BCUT2D eigenvalue weighted by molar-refractivity contribution is 8.03. The molecule has 7 rings (SSSR count). The second-order valence-corrected chi connectivity index (χ2v) is 22.7. The minimum absolute atomic E-state index is 0.0216. The fraction of sp³-hybridized carbons (Fsp3) is 0.556. The van der Waals surface area contributed by atoms with E-state index in [1.165, 1.54) is 99.3 Å². The molecule has 2 unspecified atom stereocenters. The molecule has 4 heteroatoms. The van der Waals surface area contributed by atoms with E-state index in [-0.39, 0.29) is 21.7 Å². The quantitative estimate of drug-likeness (QED) is 0.167. The molecule has 3 fully saturated rings. The number of phenols is 2. The number of rotatable bonds is 10. The molecule has 3 aliphatic rings. The molecule has 58 heavy (non-hydrogen) atoms. The van der Waals surface area contributed by atoms with E-state index in [4.69, 9.17) is 0 Å². The largest absolute Gasteiger partial charge is 0.507 e. The monoisotopic (exact) mass is 816 g/mol. The highest BCUT2D eigenvalue weighted by Crippen LogP contribution is 2.52. The molecular formula is C54H72O2S2. The molecule has 0 radical (unpaired) electrons. The zero-order valence-corrected chi connectivity index (χ0v) is 38.3. The van der Waals surface area contributed by atoms with Gasteiger partial charge in [0.15, 0.2) is 0 Å². The van der Waals surface area contributed by atoms with Crippen LogP contribution in [-0.2, 0) is 33.2 Å². The van der Waals surface area contributed by atoms with Gasteiger partial charge >= 0.3 is 0 Å². The van der Waals surface area contributed by atoms with Crippen LogP contribution < -0.4 is 0 Å². The molecule has 2 atom stereocenters. The highest BCUT2D eigenvalue weighted by atomic mass is 32.2. The van der Waals surface area contributed by atoms with Gasteiger partial charge in [0, 0.05) is 55.1 Å². The Morgan fingerprint density at radius 1 is 0.483 bits per heavy atom. The standard InChI is InChI=1S/C54H72O2S2/c1-51(2,3)43-33-39(49(55)45(35-43)53(29-19-11-20-30-53)41-23-13-9-14-24-41)37-57-47-27-17-7-8-18-28-48(47)58-38-40-34-44(52(4,5)6)36-46(50(40)56)54(31-21-12-22-32-54)42-25-15-10-16-26-42/h9-10,13-16,23-26,33-36,47-48,55-56H,7-8,11-12,17-22,27-32,37-38H2,1-6H3. The van der Waals surface area contributed by atoms with E-state index in [1.807, 2.05) is 0 Å². The van der Waals surface area contributed by atoms with Crippen LogP contribution in [0.5, 0.6) is 11.5 Å². The van der Waals surface area contributed by atoms with Crippen molar-refractivity contribution < 1.29 is 10.2 Å². The SMILES string of the molecule is CC(C)(C)c1cc(CSC2CCCCCCC2SCc2cc(C(C)(C)C)cc(C3(c4ccccc4)CCCCC3)c2O)c(O)c(C2(c3ccccc3)CCCCC2)c1. The first kappa shape index (κ1) is 43.3. The van der Waals surface area contributed by atoms with Crippen LogP contribution >= 0.6 is 23.5 Å². The van der Waals surface area contributed by atoms with E-state index in [9.17, 15) is 10.2 Å². The molecule has 0 spiro atoms. The molecule has 0 amide bonds. The van der Waals surface area contributed by atoms with Gasteiger partial charge in [0.05, 0.1) is 0 Å². The molecule has 0 bridgehead atoms. The Kier molecular flexibility index (Phi) is 13.8. The summed E-state index contributed by atoms with van der Waals surface area (Å²) in [6.45, 7) is 13.9. The smallest absolute Gasteiger partial charge is 0.123 e. The van der Waals surface area contributed by atoms with Crippen molar-refractivity contribution in [3.05, 3.63) is 129 Å². The predicted molar refractivity (Wildman–Crippen MR) is 252 cm³/mol. The molecular weight excluding hydrogens is 745 g/mol. The number of phenolic OH excluding ortho intramolecular Hbond substituents is 2. The summed E-state index contributed by atoms with van der Waals surface area (Å²) in [4.78, 5) is 0. The molecule has 3 saturated carbocycles. The third-order valence-electron chi connectivity index (χ3n) is 14.3. The third-order valence-corrected chi connectivity index (χ3v) is 17.4. The summed E-state index contributed by atoms with van der Waals surface area (Å²) in [5.41, 5.74) is 9.55. The van der Waals surface area contributed by atoms with Gasteiger partial charge in [0.25, 0.3) is 0 Å². The molecule has 4 aromatic carbocycles. The number of hydrogen-bond acceptors (Lipinski definition) is 4. The molecule has 0 aliphatic heterocycles. The van der Waals surface area contributed by atoms with Gasteiger partial charge in [-0.15, -0.1) is 0 Å². The van der Waals surface area contributed by atoms with Gasteiger partial charge in [-0.05, 0) is 71.6 Å². The van der Waals surface area contributed by atoms with Crippen LogP contribution in [0.3, 0.4) is 0 Å². The molecule has 312 valence electrons. The topological polar surface area (TPSA) is 40.5 Å². The van der Waals surface area contributed by atoms with Crippen LogP contribution in [0.15, 0.2) is 84.9 Å². The zero-order valence-electron chi connectivity index (χ0n) is 36.7. The maximum atomic E-state index is 12.4. The van der Waals surface area contributed by atoms with E-state index in [0.29, 0.717) is 22.0 Å². The number of benzene rings is 4. The van der Waals surface area contributed by atoms with Gasteiger partial charge in [0.2, 0.25) is 0 Å². The van der Waals surface area contributed by atoms with Crippen LogP contribution in [0.1, 0.15) is 189 Å². The van der Waals surface area contributed by atoms with Gasteiger partial charge in [-0.1, -0.05) is 191 Å². The van der Waals surface area contributed by atoms with E-state index < -0.39 is 0 Å². The van der Waals surface area contributed by atoms with Crippen LogP contribution in [0.25, 0.3) is 0 Å². The third kappa shape index (κ3) is 9.39. The lowest BCUT2D eigenvalue weighted by atomic mass is 9.64. The van der Waals surface area contributed by atoms with Crippen LogP contribution in [-0.4, -0.2) is 20.7 Å². The minimum Gasteiger partial charge on any atom is -0.507 e. The van der Waals surface area contributed by atoms with Crippen molar-refractivity contribution in [2.45, 2.75) is 188 Å². The molecule has 0 aromatic heterocycles. The van der Waals surface area contributed by atoms with E-state index in [1.54, 1.807) is 0 Å². The van der Waals surface area contributed by atoms with Crippen molar-refractivity contribution >= 4 is 23.5 Å². The zero-order chi connectivity index (χ0) is 41.0. The summed E-state index contributed by atoms with van der Waals surface area (Å²) in [5, 5.41) is 25.8. The summed E-state index contributed by atoms with van der Waals surface area (Å²) in [5.74, 6) is 2.72. The number of hydrogen-bond donors (Lipinski definition) is 2. The first-order valence-corrected chi connectivity index (χ1v) is 25.0. The molecule has 0 saturated heterocycles. The highest BCUT2D eigenvalue weighted by Gasteiger charge is 2.41. The molecule has 2 N–H and O–H groups in total. The summed E-state index contributed by atoms with van der Waals surface area (Å²) in [6.07, 6.45) is 19.2. The molecule has 2 nitrogen and oxygen atoms in total. The Morgan fingerprint density at radius 2 is 0.828 bits per heavy atom. The van der Waals surface area contributed by atoms with Crippen LogP contribution in [0.4, 0.5) is 0 Å². The van der Waals surface area contributed by atoms with Crippen molar-refractivity contribution in [3.8, 4) is 11.5 Å². The first-order chi connectivity index (χ1) is 27.8. The van der Waals surface area contributed by atoms with Gasteiger partial charge in [-0.25, -0.2) is 0 Å². The summed E-state index contributed by atoms with van der Waals surface area (Å²) < 4.78 is 0. The average Bonchev–Trinajstić information content (AvgIpc) is 3.21. The van der Waals surface area contributed by atoms with Crippen LogP contribution in [0, 0.1) is 0 Å². The lowest BCUT2D eigenvalue weighted by Crippen LogP contribution is -2.31. The Bertz CT molecular complexity index is 1800. The van der Waals surface area contributed by atoms with E-state index in [0.717, 1.165) is 59.4 Å². The molecule has 4 aromatic rings. The van der Waals surface area contributed by atoms with E-state index >= 15 is 0 Å². The number of thioether (sulfide) groups is 2. The maximum absolute atomic E-state index is 12.4. The maximum Gasteiger partial charge on any atom is 0.123 e. The Hall–Kier alpha value is -2.82. The van der Waals surface area contributed by atoms with Gasteiger partial charge in [-0.3, -0.25) is 0 Å². The second kappa shape index (κ2) is 18.4. The van der Waals surface area contributed by atoms with Crippen molar-refractivity contribution in [1.82, 2.24) is 0 Å². The Balaban J connectivity index is 1.20. The normalized spacial score (nSPS) is 21.6. The Labute approximate surface area is 360 Å². The summed E-state index contributed by atoms with van der Waals surface area (Å²) in [6, 6.07) is 31.6. The fourth-order valence-electron chi connectivity index (χ4n) is 10.6. The lowest BCUT2D eigenvalue weighted by Gasteiger charge is -2.40. The van der Waals surface area contributed by atoms with E-state index in [2.05, 4.69) is 150 Å². The average molecular weight is 817 g/mol.